The van der Waals surface area contributed by atoms with Crippen LogP contribution in [0.15, 0.2) is 11.8 Å². The van der Waals surface area contributed by atoms with Crippen molar-refractivity contribution >= 4 is 5.97 Å². The molecule has 0 unspecified atom stereocenters. The number of nitrogens with zero attached hydrogens (tertiary/aromatic N) is 1. The zero-order valence-corrected chi connectivity index (χ0v) is 8.83. The minimum atomic E-state index is -2.73. The molecule has 86 valence electrons. The third-order valence-corrected chi connectivity index (χ3v) is 2.35. The van der Waals surface area contributed by atoms with Crippen LogP contribution in [0.25, 0.3) is 0 Å². The van der Waals surface area contributed by atoms with Crippen LogP contribution < -0.4 is 0 Å². The van der Waals surface area contributed by atoms with Crippen LogP contribution in [0.1, 0.15) is 26.7 Å². The molecule has 0 bridgehead atoms. The quantitative estimate of drug-likeness (QED) is 0.790. The maximum absolute atomic E-state index is 13.1. The van der Waals surface area contributed by atoms with E-state index in [1.165, 1.54) is 6.08 Å². The van der Waals surface area contributed by atoms with E-state index in [-0.39, 0.29) is 25.4 Å². The van der Waals surface area contributed by atoms with E-state index in [1.54, 1.807) is 4.90 Å². The van der Waals surface area contributed by atoms with Crippen LogP contribution in [0.3, 0.4) is 0 Å². The second-order valence-electron chi connectivity index (χ2n) is 4.05. The number of carboxylic acid groups (broad SMARTS) is 1. The van der Waals surface area contributed by atoms with Gasteiger partial charge in [-0.15, -0.1) is 0 Å². The largest absolute Gasteiger partial charge is 0.481 e. The van der Waals surface area contributed by atoms with Crippen LogP contribution in [0.4, 0.5) is 8.78 Å². The molecule has 1 aliphatic heterocycles. The van der Waals surface area contributed by atoms with Gasteiger partial charge >= 0.3 is 5.97 Å². The van der Waals surface area contributed by atoms with Crippen LogP contribution in [0.5, 0.6) is 0 Å². The van der Waals surface area contributed by atoms with Gasteiger partial charge in [-0.05, 0) is 13.8 Å². The number of carboxylic acids is 1. The first-order valence-electron chi connectivity index (χ1n) is 4.87. The molecule has 0 atom stereocenters. The summed E-state index contributed by atoms with van der Waals surface area (Å²) in [6.07, 6.45) is 0.830. The van der Waals surface area contributed by atoms with Gasteiger partial charge in [0, 0.05) is 11.7 Å². The number of halogens is 2. The molecule has 1 fully saturated rings. The summed E-state index contributed by atoms with van der Waals surface area (Å²) >= 11 is 0. The Labute approximate surface area is 87.4 Å². The van der Waals surface area contributed by atoms with E-state index in [1.807, 2.05) is 13.8 Å². The van der Waals surface area contributed by atoms with Crippen molar-refractivity contribution in [2.45, 2.75) is 38.7 Å². The van der Waals surface area contributed by atoms with Crippen LogP contribution >= 0.6 is 0 Å². The minimum absolute atomic E-state index is 0.0292. The number of allylic oxidation sites excluding steroid dienone is 1. The molecule has 1 N–H and O–H groups in total. The molecule has 0 spiro atoms. The number of hydrogen-bond donors (Lipinski definition) is 1. The molecular weight excluding hydrogens is 204 g/mol. The molecular formula is C10H15F2NO2. The summed E-state index contributed by atoms with van der Waals surface area (Å²) < 4.78 is 26.2. The van der Waals surface area contributed by atoms with Crippen molar-refractivity contribution in [2.24, 2.45) is 0 Å². The fraction of sp³-hybridized carbons (Fsp3) is 0.700. The van der Waals surface area contributed by atoms with Crippen LogP contribution in [0.2, 0.25) is 0 Å². The average Bonchev–Trinajstić information content (AvgIpc) is 2.38. The first kappa shape index (κ1) is 11.9. The van der Waals surface area contributed by atoms with Gasteiger partial charge in [0.05, 0.1) is 19.4 Å². The summed E-state index contributed by atoms with van der Waals surface area (Å²) in [7, 11) is 0. The number of likely N-dealkylation sites (tertiary alicyclic amines) is 1. The van der Waals surface area contributed by atoms with Gasteiger partial charge in [-0.3, -0.25) is 4.79 Å². The minimum Gasteiger partial charge on any atom is -0.481 e. The SMILES string of the molecule is CC(C)N1CC(F)(F)C/C1=C\CC(=O)O. The van der Waals surface area contributed by atoms with E-state index in [9.17, 15) is 13.6 Å². The van der Waals surface area contributed by atoms with Crippen molar-refractivity contribution in [3.8, 4) is 0 Å². The zero-order valence-electron chi connectivity index (χ0n) is 8.83. The van der Waals surface area contributed by atoms with Crippen molar-refractivity contribution in [1.29, 1.82) is 0 Å². The third-order valence-electron chi connectivity index (χ3n) is 2.35. The van der Waals surface area contributed by atoms with Gasteiger partial charge in [0.15, 0.2) is 0 Å². The van der Waals surface area contributed by atoms with Gasteiger partial charge in [0.2, 0.25) is 0 Å². The molecule has 0 aliphatic carbocycles. The molecule has 3 nitrogen and oxygen atoms in total. The second kappa shape index (κ2) is 4.16. The Bertz CT molecular complexity index is 287. The first-order chi connectivity index (χ1) is 6.82. The summed E-state index contributed by atoms with van der Waals surface area (Å²) in [5.41, 5.74) is 0.442. The van der Waals surface area contributed by atoms with E-state index in [4.69, 9.17) is 5.11 Å². The highest BCUT2D eigenvalue weighted by Crippen LogP contribution is 2.35. The topological polar surface area (TPSA) is 40.5 Å². The van der Waals surface area contributed by atoms with Crippen LogP contribution in [-0.2, 0) is 4.79 Å². The highest BCUT2D eigenvalue weighted by atomic mass is 19.3. The number of carbonyl (C=O) groups is 1. The van der Waals surface area contributed by atoms with E-state index >= 15 is 0 Å². The first-order valence-corrected chi connectivity index (χ1v) is 4.87. The molecule has 0 aromatic rings. The maximum Gasteiger partial charge on any atom is 0.307 e. The predicted molar refractivity (Wildman–Crippen MR) is 51.7 cm³/mol. The molecule has 1 aliphatic rings. The Morgan fingerprint density at radius 1 is 1.67 bits per heavy atom. The Morgan fingerprint density at radius 3 is 2.73 bits per heavy atom. The molecule has 0 saturated carbocycles. The summed E-state index contributed by atoms with van der Waals surface area (Å²) in [6.45, 7) is 3.32. The average molecular weight is 219 g/mol. The molecule has 15 heavy (non-hydrogen) atoms. The molecule has 0 aromatic heterocycles. The van der Waals surface area contributed by atoms with E-state index in [0.717, 1.165) is 0 Å². The molecule has 5 heteroatoms. The van der Waals surface area contributed by atoms with Crippen molar-refractivity contribution in [3.63, 3.8) is 0 Å². The van der Waals surface area contributed by atoms with Crippen molar-refractivity contribution in [3.05, 3.63) is 11.8 Å². The van der Waals surface area contributed by atoms with Gasteiger partial charge in [-0.1, -0.05) is 6.08 Å². The number of hydrogen-bond acceptors (Lipinski definition) is 2. The lowest BCUT2D eigenvalue weighted by Gasteiger charge is -2.24. The Morgan fingerprint density at radius 2 is 2.27 bits per heavy atom. The van der Waals surface area contributed by atoms with Crippen LogP contribution in [0, 0.1) is 0 Å². The third kappa shape index (κ3) is 3.18. The number of aliphatic carboxylic acids is 1. The van der Waals surface area contributed by atoms with Gasteiger partial charge in [-0.25, -0.2) is 8.78 Å². The predicted octanol–water partition coefficient (Wildman–Crippen LogP) is 2.09. The lowest BCUT2D eigenvalue weighted by atomic mass is 10.2. The highest BCUT2D eigenvalue weighted by Gasteiger charge is 2.41. The molecule has 1 rings (SSSR count). The maximum atomic E-state index is 13.1. The highest BCUT2D eigenvalue weighted by molar-refractivity contribution is 5.68. The fourth-order valence-corrected chi connectivity index (χ4v) is 1.68. The molecule has 0 amide bonds. The Balaban J connectivity index is 2.77. The number of alkyl halides is 2. The summed E-state index contributed by atoms with van der Waals surface area (Å²) in [5, 5.41) is 8.48. The van der Waals surface area contributed by atoms with Crippen molar-refractivity contribution in [2.75, 3.05) is 6.54 Å². The normalized spacial score (nSPS) is 22.7. The van der Waals surface area contributed by atoms with Gasteiger partial charge < -0.3 is 10.0 Å². The van der Waals surface area contributed by atoms with Crippen molar-refractivity contribution in [1.82, 2.24) is 4.90 Å². The lowest BCUT2D eigenvalue weighted by Crippen LogP contribution is -2.30. The van der Waals surface area contributed by atoms with E-state index in [0.29, 0.717) is 5.70 Å². The fourth-order valence-electron chi connectivity index (χ4n) is 1.68. The second-order valence-corrected chi connectivity index (χ2v) is 4.05. The molecule has 1 saturated heterocycles. The standard InChI is InChI=1S/C10H15F2NO2/c1-7(2)13-6-10(11,12)5-8(13)3-4-9(14)15/h3,7H,4-6H2,1-2H3,(H,14,15)/b8-3+. The zero-order chi connectivity index (χ0) is 11.6. The van der Waals surface area contributed by atoms with Gasteiger partial charge in [0.25, 0.3) is 5.92 Å². The number of rotatable bonds is 3. The Kier molecular flexibility index (Phi) is 3.31. The molecule has 0 aromatic carbocycles. The summed E-state index contributed by atoms with van der Waals surface area (Å²) in [6, 6.07) is -0.0292. The summed E-state index contributed by atoms with van der Waals surface area (Å²) in [5.74, 6) is -3.73. The van der Waals surface area contributed by atoms with Crippen molar-refractivity contribution < 1.29 is 18.7 Å². The van der Waals surface area contributed by atoms with E-state index in [2.05, 4.69) is 0 Å². The van der Waals surface area contributed by atoms with E-state index < -0.39 is 11.9 Å². The van der Waals surface area contributed by atoms with Gasteiger partial charge in [0.1, 0.15) is 0 Å². The van der Waals surface area contributed by atoms with Crippen LogP contribution in [-0.4, -0.2) is 34.5 Å². The Hall–Kier alpha value is -1.13. The van der Waals surface area contributed by atoms with Gasteiger partial charge in [-0.2, -0.15) is 0 Å². The smallest absolute Gasteiger partial charge is 0.307 e. The lowest BCUT2D eigenvalue weighted by molar-refractivity contribution is -0.136. The monoisotopic (exact) mass is 219 g/mol. The molecule has 0 radical (unpaired) electrons. The molecule has 1 heterocycles. The summed E-state index contributed by atoms with van der Waals surface area (Å²) in [4.78, 5) is 11.9.